The monoisotopic (exact) mass is 295 g/mol. The second kappa shape index (κ2) is 6.32. The van der Waals surface area contributed by atoms with E-state index in [2.05, 4.69) is 23.5 Å². The summed E-state index contributed by atoms with van der Waals surface area (Å²) in [6.45, 7) is 2.03. The molecule has 3 rings (SSSR count). The predicted molar refractivity (Wildman–Crippen MR) is 87.8 cm³/mol. The summed E-state index contributed by atoms with van der Waals surface area (Å²) in [7, 11) is 1.71. The Bertz CT molecular complexity index is 659. The Morgan fingerprint density at radius 2 is 1.86 bits per heavy atom. The molecule has 0 spiro atoms. The SMILES string of the molecule is COC(C)c1cccc(-c2ccc(C(=O)NC3CC3)cc2)c1. The van der Waals surface area contributed by atoms with Crippen molar-refractivity contribution in [3.63, 3.8) is 0 Å². The van der Waals surface area contributed by atoms with Gasteiger partial charge >= 0.3 is 0 Å². The highest BCUT2D eigenvalue weighted by Gasteiger charge is 2.23. The fourth-order valence-corrected chi connectivity index (χ4v) is 2.42. The third kappa shape index (κ3) is 3.37. The number of amides is 1. The van der Waals surface area contributed by atoms with Crippen LogP contribution in [0.2, 0.25) is 0 Å². The Balaban J connectivity index is 1.78. The molecule has 3 nitrogen and oxygen atoms in total. The lowest BCUT2D eigenvalue weighted by atomic mass is 10.00. The highest BCUT2D eigenvalue weighted by atomic mass is 16.5. The van der Waals surface area contributed by atoms with Gasteiger partial charge in [-0.2, -0.15) is 0 Å². The number of hydrogen-bond donors (Lipinski definition) is 1. The molecule has 1 N–H and O–H groups in total. The van der Waals surface area contributed by atoms with E-state index in [0.29, 0.717) is 6.04 Å². The van der Waals surface area contributed by atoms with Crippen molar-refractivity contribution in [2.24, 2.45) is 0 Å². The predicted octanol–water partition coefficient (Wildman–Crippen LogP) is 3.95. The number of ether oxygens (including phenoxy) is 1. The van der Waals surface area contributed by atoms with Crippen molar-refractivity contribution in [3.8, 4) is 11.1 Å². The van der Waals surface area contributed by atoms with Crippen LogP contribution in [0.25, 0.3) is 11.1 Å². The highest BCUT2D eigenvalue weighted by molar-refractivity contribution is 5.95. The van der Waals surface area contributed by atoms with Crippen LogP contribution in [0, 0.1) is 0 Å². The van der Waals surface area contributed by atoms with Crippen LogP contribution in [0.1, 0.15) is 41.8 Å². The van der Waals surface area contributed by atoms with E-state index in [1.807, 2.05) is 37.3 Å². The molecule has 2 aromatic rings. The van der Waals surface area contributed by atoms with Gasteiger partial charge in [-0.25, -0.2) is 0 Å². The second-order valence-electron chi connectivity index (χ2n) is 5.83. The van der Waals surface area contributed by atoms with E-state index in [4.69, 9.17) is 4.74 Å². The first-order valence-electron chi connectivity index (χ1n) is 7.71. The molecule has 1 aliphatic rings. The van der Waals surface area contributed by atoms with E-state index in [1.54, 1.807) is 7.11 Å². The molecule has 3 heteroatoms. The van der Waals surface area contributed by atoms with Gasteiger partial charge in [-0.3, -0.25) is 4.79 Å². The van der Waals surface area contributed by atoms with Gasteiger partial charge in [0.15, 0.2) is 0 Å². The average Bonchev–Trinajstić information content (AvgIpc) is 3.38. The van der Waals surface area contributed by atoms with Crippen LogP contribution in [0.4, 0.5) is 0 Å². The zero-order valence-corrected chi connectivity index (χ0v) is 13.0. The molecule has 1 fully saturated rings. The summed E-state index contributed by atoms with van der Waals surface area (Å²) in [5.41, 5.74) is 4.11. The van der Waals surface area contributed by atoms with Gasteiger partial charge in [0.25, 0.3) is 5.91 Å². The van der Waals surface area contributed by atoms with Crippen molar-refractivity contribution in [2.75, 3.05) is 7.11 Å². The lowest BCUT2D eigenvalue weighted by Crippen LogP contribution is -2.25. The van der Waals surface area contributed by atoms with Gasteiger partial charge < -0.3 is 10.1 Å². The minimum Gasteiger partial charge on any atom is -0.377 e. The van der Waals surface area contributed by atoms with Crippen LogP contribution in [-0.4, -0.2) is 19.1 Å². The van der Waals surface area contributed by atoms with Crippen LogP contribution in [0.15, 0.2) is 48.5 Å². The molecule has 0 saturated heterocycles. The third-order valence-electron chi connectivity index (χ3n) is 4.10. The molecule has 1 unspecified atom stereocenters. The van der Waals surface area contributed by atoms with E-state index in [9.17, 15) is 4.79 Å². The molecule has 1 saturated carbocycles. The van der Waals surface area contributed by atoms with Crippen molar-refractivity contribution in [2.45, 2.75) is 31.9 Å². The maximum atomic E-state index is 12.0. The Labute approximate surface area is 131 Å². The standard InChI is InChI=1S/C19H21NO2/c1-13(22-2)16-4-3-5-17(12-16)14-6-8-15(9-7-14)19(21)20-18-10-11-18/h3-9,12-13,18H,10-11H2,1-2H3,(H,20,21). The van der Waals surface area contributed by atoms with E-state index in [0.717, 1.165) is 35.1 Å². The third-order valence-corrected chi connectivity index (χ3v) is 4.10. The maximum absolute atomic E-state index is 12.0. The van der Waals surface area contributed by atoms with Gasteiger partial charge in [0, 0.05) is 18.7 Å². The summed E-state index contributed by atoms with van der Waals surface area (Å²) in [5.74, 6) is 0.0239. The van der Waals surface area contributed by atoms with E-state index < -0.39 is 0 Å². The summed E-state index contributed by atoms with van der Waals surface area (Å²) in [6, 6.07) is 16.5. The van der Waals surface area contributed by atoms with Crippen molar-refractivity contribution >= 4 is 5.91 Å². The number of rotatable bonds is 5. The highest BCUT2D eigenvalue weighted by Crippen LogP contribution is 2.25. The molecule has 114 valence electrons. The minimum absolute atomic E-state index is 0.0239. The molecule has 22 heavy (non-hydrogen) atoms. The fourth-order valence-electron chi connectivity index (χ4n) is 2.42. The van der Waals surface area contributed by atoms with Gasteiger partial charge in [0.05, 0.1) is 6.10 Å². The molecule has 0 radical (unpaired) electrons. The molecule has 0 heterocycles. The molecule has 1 atom stereocenters. The zero-order chi connectivity index (χ0) is 15.5. The summed E-state index contributed by atoms with van der Waals surface area (Å²) in [5, 5.41) is 3.01. The number of nitrogens with one attached hydrogen (secondary N) is 1. The van der Waals surface area contributed by atoms with Crippen molar-refractivity contribution in [1.29, 1.82) is 0 Å². The first-order valence-corrected chi connectivity index (χ1v) is 7.71. The molecule has 1 amide bonds. The van der Waals surface area contributed by atoms with Crippen LogP contribution >= 0.6 is 0 Å². The summed E-state index contributed by atoms with van der Waals surface area (Å²) >= 11 is 0. The van der Waals surface area contributed by atoms with Crippen molar-refractivity contribution in [3.05, 3.63) is 59.7 Å². The van der Waals surface area contributed by atoms with Crippen molar-refractivity contribution < 1.29 is 9.53 Å². The van der Waals surface area contributed by atoms with Crippen LogP contribution in [0.3, 0.4) is 0 Å². The number of methoxy groups -OCH3 is 1. The molecular weight excluding hydrogens is 274 g/mol. The van der Waals surface area contributed by atoms with Gasteiger partial charge in [0.2, 0.25) is 0 Å². The van der Waals surface area contributed by atoms with E-state index >= 15 is 0 Å². The number of hydrogen-bond acceptors (Lipinski definition) is 2. The molecule has 2 aromatic carbocycles. The number of carbonyl (C=O) groups is 1. The van der Waals surface area contributed by atoms with Crippen LogP contribution < -0.4 is 5.32 Å². The Hall–Kier alpha value is -2.13. The second-order valence-corrected chi connectivity index (χ2v) is 5.83. The van der Waals surface area contributed by atoms with Crippen LogP contribution in [-0.2, 0) is 4.74 Å². The molecule has 0 bridgehead atoms. The van der Waals surface area contributed by atoms with E-state index in [-0.39, 0.29) is 12.0 Å². The maximum Gasteiger partial charge on any atom is 0.251 e. The normalized spacial score (nSPS) is 15.4. The lowest BCUT2D eigenvalue weighted by Gasteiger charge is -2.12. The Morgan fingerprint density at radius 3 is 2.50 bits per heavy atom. The van der Waals surface area contributed by atoms with Gasteiger partial charge in [-0.1, -0.05) is 30.3 Å². The van der Waals surface area contributed by atoms with Gasteiger partial charge in [-0.05, 0) is 54.7 Å². The zero-order valence-electron chi connectivity index (χ0n) is 13.0. The van der Waals surface area contributed by atoms with Crippen molar-refractivity contribution in [1.82, 2.24) is 5.32 Å². The first kappa shape index (κ1) is 14.8. The van der Waals surface area contributed by atoms with Crippen LogP contribution in [0.5, 0.6) is 0 Å². The molecular formula is C19H21NO2. The van der Waals surface area contributed by atoms with Gasteiger partial charge in [-0.15, -0.1) is 0 Å². The average molecular weight is 295 g/mol. The topological polar surface area (TPSA) is 38.3 Å². The molecule has 0 aromatic heterocycles. The fraction of sp³-hybridized carbons (Fsp3) is 0.316. The van der Waals surface area contributed by atoms with E-state index in [1.165, 1.54) is 0 Å². The Morgan fingerprint density at radius 1 is 1.14 bits per heavy atom. The molecule has 0 aliphatic heterocycles. The smallest absolute Gasteiger partial charge is 0.251 e. The van der Waals surface area contributed by atoms with Gasteiger partial charge in [0.1, 0.15) is 0 Å². The minimum atomic E-state index is 0.0239. The lowest BCUT2D eigenvalue weighted by molar-refractivity contribution is 0.0951. The summed E-state index contributed by atoms with van der Waals surface area (Å²) in [6.07, 6.45) is 2.28. The number of benzene rings is 2. The largest absolute Gasteiger partial charge is 0.377 e. The number of carbonyl (C=O) groups excluding carboxylic acids is 1. The summed E-state index contributed by atoms with van der Waals surface area (Å²) < 4.78 is 5.37. The first-order chi connectivity index (χ1) is 10.7. The molecule has 1 aliphatic carbocycles. The quantitative estimate of drug-likeness (QED) is 0.907. The Kier molecular flexibility index (Phi) is 4.25. The summed E-state index contributed by atoms with van der Waals surface area (Å²) in [4.78, 5) is 12.0.